The van der Waals surface area contributed by atoms with Gasteiger partial charge in [0.05, 0.1) is 11.6 Å². The highest BCUT2D eigenvalue weighted by Gasteiger charge is 2.13. The summed E-state index contributed by atoms with van der Waals surface area (Å²) in [6, 6.07) is 12.9. The van der Waals surface area contributed by atoms with E-state index in [4.69, 9.17) is 10.6 Å². The highest BCUT2D eigenvalue weighted by Crippen LogP contribution is 2.22. The minimum atomic E-state index is -0.257. The first-order valence-corrected chi connectivity index (χ1v) is 7.45. The zero-order chi connectivity index (χ0) is 15.2. The Labute approximate surface area is 132 Å². The molecule has 5 heteroatoms. The van der Waals surface area contributed by atoms with Crippen LogP contribution in [0, 0.1) is 5.82 Å². The highest BCUT2D eigenvalue weighted by atomic mass is 79.9. The number of ether oxygens (including phenoxy) is 1. The summed E-state index contributed by atoms with van der Waals surface area (Å²) in [6.07, 6.45) is 1.39. The van der Waals surface area contributed by atoms with E-state index in [9.17, 15) is 4.39 Å². The molecule has 0 heterocycles. The summed E-state index contributed by atoms with van der Waals surface area (Å²) in [5.41, 5.74) is 4.84. The molecule has 0 aromatic heterocycles. The molecule has 0 aliphatic heterocycles. The molecule has 21 heavy (non-hydrogen) atoms. The van der Waals surface area contributed by atoms with E-state index in [0.717, 1.165) is 23.3 Å². The second-order valence-electron chi connectivity index (χ2n) is 4.83. The molecule has 2 aromatic carbocycles. The van der Waals surface area contributed by atoms with Crippen LogP contribution < -0.4 is 16.0 Å². The van der Waals surface area contributed by atoms with Gasteiger partial charge in [-0.15, -0.1) is 0 Å². The molecule has 2 rings (SSSR count). The molecule has 0 saturated heterocycles. The molecular weight excluding hydrogens is 335 g/mol. The number of nitrogens with two attached hydrogens (primary N) is 1. The summed E-state index contributed by atoms with van der Waals surface area (Å²) in [5, 5.41) is 0. The standard InChI is InChI=1S/C16H18BrFN2O/c1-21-14-7-5-11(6-8-14)9-13(20-19)10-12-3-2-4-15(18)16(12)17/h2-8,13,20H,9-10,19H2,1H3. The highest BCUT2D eigenvalue weighted by molar-refractivity contribution is 9.10. The molecule has 0 saturated carbocycles. The van der Waals surface area contributed by atoms with Crippen LogP contribution in [0.1, 0.15) is 11.1 Å². The van der Waals surface area contributed by atoms with Gasteiger partial charge in [0.15, 0.2) is 0 Å². The van der Waals surface area contributed by atoms with E-state index >= 15 is 0 Å². The van der Waals surface area contributed by atoms with Gasteiger partial charge in [-0.2, -0.15) is 0 Å². The lowest BCUT2D eigenvalue weighted by molar-refractivity contribution is 0.414. The summed E-state index contributed by atoms with van der Waals surface area (Å²) >= 11 is 3.28. The lowest BCUT2D eigenvalue weighted by Gasteiger charge is -2.17. The number of nitrogens with one attached hydrogen (secondary N) is 1. The molecule has 2 aromatic rings. The average molecular weight is 353 g/mol. The van der Waals surface area contributed by atoms with Crippen LogP contribution in [0.25, 0.3) is 0 Å². The largest absolute Gasteiger partial charge is 0.497 e. The topological polar surface area (TPSA) is 47.3 Å². The number of methoxy groups -OCH3 is 1. The average Bonchev–Trinajstić information content (AvgIpc) is 2.51. The van der Waals surface area contributed by atoms with Gasteiger partial charge in [0, 0.05) is 6.04 Å². The van der Waals surface area contributed by atoms with Gasteiger partial charge >= 0.3 is 0 Å². The Morgan fingerprint density at radius 1 is 1.19 bits per heavy atom. The fourth-order valence-electron chi connectivity index (χ4n) is 2.21. The first kappa shape index (κ1) is 15.9. The molecule has 112 valence electrons. The van der Waals surface area contributed by atoms with Crippen LogP contribution in [0.2, 0.25) is 0 Å². The van der Waals surface area contributed by atoms with Crippen LogP contribution in [0.4, 0.5) is 4.39 Å². The third-order valence-electron chi connectivity index (χ3n) is 3.37. The quantitative estimate of drug-likeness (QED) is 0.619. The van der Waals surface area contributed by atoms with Gasteiger partial charge in [-0.1, -0.05) is 24.3 Å². The summed E-state index contributed by atoms with van der Waals surface area (Å²) in [4.78, 5) is 0. The molecular formula is C16H18BrFN2O. The minimum Gasteiger partial charge on any atom is -0.497 e. The molecule has 0 amide bonds. The van der Waals surface area contributed by atoms with Crippen LogP contribution in [-0.4, -0.2) is 13.2 Å². The number of hydrazine groups is 1. The Hall–Kier alpha value is -1.43. The lowest BCUT2D eigenvalue weighted by Crippen LogP contribution is -2.38. The summed E-state index contributed by atoms with van der Waals surface area (Å²) in [5.74, 6) is 6.20. The molecule has 0 aliphatic carbocycles. The predicted molar refractivity (Wildman–Crippen MR) is 85.6 cm³/mol. The third kappa shape index (κ3) is 4.27. The summed E-state index contributed by atoms with van der Waals surface area (Å²) in [7, 11) is 1.64. The molecule has 0 spiro atoms. The second-order valence-corrected chi connectivity index (χ2v) is 5.63. The monoisotopic (exact) mass is 352 g/mol. The van der Waals surface area contributed by atoms with E-state index in [1.807, 2.05) is 30.3 Å². The van der Waals surface area contributed by atoms with Crippen molar-refractivity contribution < 1.29 is 9.13 Å². The van der Waals surface area contributed by atoms with Crippen molar-refractivity contribution in [1.29, 1.82) is 0 Å². The molecule has 1 unspecified atom stereocenters. The minimum absolute atomic E-state index is 0.0245. The van der Waals surface area contributed by atoms with Crippen LogP contribution in [0.5, 0.6) is 5.75 Å². The molecule has 1 atom stereocenters. The van der Waals surface area contributed by atoms with Gasteiger partial charge in [0.25, 0.3) is 0 Å². The van der Waals surface area contributed by atoms with Crippen LogP contribution in [-0.2, 0) is 12.8 Å². The van der Waals surface area contributed by atoms with E-state index in [-0.39, 0.29) is 11.9 Å². The zero-order valence-electron chi connectivity index (χ0n) is 11.8. The predicted octanol–water partition coefficient (Wildman–Crippen LogP) is 3.21. The van der Waals surface area contributed by atoms with Crippen LogP contribution >= 0.6 is 15.9 Å². The van der Waals surface area contributed by atoms with E-state index in [2.05, 4.69) is 21.4 Å². The molecule has 0 bridgehead atoms. The van der Waals surface area contributed by atoms with E-state index in [1.165, 1.54) is 6.07 Å². The number of rotatable bonds is 6. The Balaban J connectivity index is 2.07. The van der Waals surface area contributed by atoms with Gasteiger partial charge in [0.2, 0.25) is 0 Å². The van der Waals surface area contributed by atoms with Crippen LogP contribution in [0.3, 0.4) is 0 Å². The Kier molecular flexibility index (Phi) is 5.73. The van der Waals surface area contributed by atoms with Crippen molar-refractivity contribution in [2.45, 2.75) is 18.9 Å². The lowest BCUT2D eigenvalue weighted by atomic mass is 9.99. The maximum Gasteiger partial charge on any atom is 0.137 e. The number of hydrogen-bond donors (Lipinski definition) is 2. The fraction of sp³-hybridized carbons (Fsp3) is 0.250. The van der Waals surface area contributed by atoms with Gasteiger partial charge in [-0.25, -0.2) is 4.39 Å². The third-order valence-corrected chi connectivity index (χ3v) is 4.26. The Bertz CT molecular complexity index is 589. The molecule has 0 fully saturated rings. The SMILES string of the molecule is COc1ccc(CC(Cc2cccc(F)c2Br)NN)cc1. The molecule has 0 aliphatic rings. The fourth-order valence-corrected chi connectivity index (χ4v) is 2.63. The van der Waals surface area contributed by atoms with E-state index in [1.54, 1.807) is 13.2 Å². The van der Waals surface area contributed by atoms with Crippen molar-refractivity contribution in [3.05, 3.63) is 63.9 Å². The number of benzene rings is 2. The van der Waals surface area contributed by atoms with Crippen molar-refractivity contribution in [3.8, 4) is 5.75 Å². The maximum absolute atomic E-state index is 13.5. The summed E-state index contributed by atoms with van der Waals surface area (Å²) in [6.45, 7) is 0. The smallest absolute Gasteiger partial charge is 0.137 e. The van der Waals surface area contributed by atoms with Crippen molar-refractivity contribution in [2.24, 2.45) is 5.84 Å². The second kappa shape index (κ2) is 7.54. The van der Waals surface area contributed by atoms with Gasteiger partial charge in [0.1, 0.15) is 11.6 Å². The van der Waals surface area contributed by atoms with Crippen molar-refractivity contribution >= 4 is 15.9 Å². The first-order chi connectivity index (χ1) is 10.1. The van der Waals surface area contributed by atoms with Crippen molar-refractivity contribution in [1.82, 2.24) is 5.43 Å². The van der Waals surface area contributed by atoms with E-state index in [0.29, 0.717) is 10.9 Å². The normalized spacial score (nSPS) is 12.2. The van der Waals surface area contributed by atoms with Crippen molar-refractivity contribution in [2.75, 3.05) is 7.11 Å². The number of halogens is 2. The summed E-state index contributed by atoms with van der Waals surface area (Å²) < 4.78 is 19.2. The molecule has 0 radical (unpaired) electrons. The number of hydrogen-bond acceptors (Lipinski definition) is 3. The van der Waals surface area contributed by atoms with Crippen molar-refractivity contribution in [3.63, 3.8) is 0 Å². The molecule has 3 N–H and O–H groups in total. The van der Waals surface area contributed by atoms with Gasteiger partial charge < -0.3 is 4.74 Å². The molecule has 3 nitrogen and oxygen atoms in total. The van der Waals surface area contributed by atoms with Crippen LogP contribution in [0.15, 0.2) is 46.9 Å². The van der Waals surface area contributed by atoms with E-state index < -0.39 is 0 Å². The first-order valence-electron chi connectivity index (χ1n) is 6.66. The van der Waals surface area contributed by atoms with Gasteiger partial charge in [-0.3, -0.25) is 11.3 Å². The Morgan fingerprint density at radius 2 is 1.90 bits per heavy atom. The Morgan fingerprint density at radius 3 is 2.52 bits per heavy atom. The zero-order valence-corrected chi connectivity index (χ0v) is 13.4. The maximum atomic E-state index is 13.5. The van der Waals surface area contributed by atoms with Gasteiger partial charge in [-0.05, 0) is 58.1 Å².